The molecule has 0 unspecified atom stereocenters. The number of sulfonamides is 1. The van der Waals surface area contributed by atoms with Crippen LogP contribution in [0.2, 0.25) is 0 Å². The molecule has 1 N–H and O–H groups in total. The molecule has 2 aromatic rings. The summed E-state index contributed by atoms with van der Waals surface area (Å²) in [5.74, 6) is 1.44. The molecule has 11 heteroatoms. The number of nitro groups is 1. The topological polar surface area (TPSA) is 123 Å². The van der Waals surface area contributed by atoms with Crippen LogP contribution in [0.4, 0.5) is 11.4 Å². The lowest BCUT2D eigenvalue weighted by molar-refractivity contribution is -0.384. The van der Waals surface area contributed by atoms with Crippen LogP contribution in [0.1, 0.15) is 31.7 Å². The predicted molar refractivity (Wildman–Crippen MR) is 119 cm³/mol. The standard InChI is InChI=1S/C21H24N4O6S/c1-15(4-5-16-6-9-20-21(12-16)31-14-30-20)22-23-18-8-7-17(13-19(18)25(26)27)32(28,29)24-10-2-3-11-24/h6-9,12-13,23H,2-5,10-11,14H2,1H3/b22-15+. The van der Waals surface area contributed by atoms with E-state index in [9.17, 15) is 18.5 Å². The van der Waals surface area contributed by atoms with E-state index in [1.807, 2.05) is 25.1 Å². The molecule has 4 rings (SSSR count). The molecular formula is C21H24N4O6S. The first-order valence-corrected chi connectivity index (χ1v) is 11.7. The Kier molecular flexibility index (Phi) is 6.28. The van der Waals surface area contributed by atoms with Crippen LogP contribution in [0.25, 0.3) is 0 Å². The molecule has 1 fully saturated rings. The summed E-state index contributed by atoms with van der Waals surface area (Å²) in [7, 11) is -3.74. The average molecular weight is 461 g/mol. The lowest BCUT2D eigenvalue weighted by Crippen LogP contribution is -2.27. The largest absolute Gasteiger partial charge is 0.454 e. The fraction of sp³-hybridized carbons (Fsp3) is 0.381. The van der Waals surface area contributed by atoms with Gasteiger partial charge in [0.15, 0.2) is 11.5 Å². The maximum Gasteiger partial charge on any atom is 0.295 e. The number of hydrogen-bond acceptors (Lipinski definition) is 8. The smallest absolute Gasteiger partial charge is 0.295 e. The molecule has 32 heavy (non-hydrogen) atoms. The third kappa shape index (κ3) is 4.68. The van der Waals surface area contributed by atoms with E-state index in [1.54, 1.807) is 0 Å². The van der Waals surface area contributed by atoms with Crippen LogP contribution < -0.4 is 14.9 Å². The van der Waals surface area contributed by atoms with E-state index in [1.165, 1.54) is 16.4 Å². The van der Waals surface area contributed by atoms with Gasteiger partial charge < -0.3 is 9.47 Å². The number of fused-ring (bicyclic) bond motifs is 1. The Morgan fingerprint density at radius 1 is 1.16 bits per heavy atom. The van der Waals surface area contributed by atoms with Crippen LogP contribution in [0.3, 0.4) is 0 Å². The normalized spacial score (nSPS) is 16.3. The first-order chi connectivity index (χ1) is 15.3. The Hall–Kier alpha value is -3.18. The summed E-state index contributed by atoms with van der Waals surface area (Å²) >= 11 is 0. The molecule has 0 aromatic heterocycles. The summed E-state index contributed by atoms with van der Waals surface area (Å²) in [6, 6.07) is 9.60. The van der Waals surface area contributed by atoms with Gasteiger partial charge in [-0.25, -0.2) is 8.42 Å². The summed E-state index contributed by atoms with van der Waals surface area (Å²) < 4.78 is 37.5. The van der Waals surface area contributed by atoms with Gasteiger partial charge in [0.25, 0.3) is 5.69 Å². The summed E-state index contributed by atoms with van der Waals surface area (Å²) in [5.41, 5.74) is 4.32. The highest BCUT2D eigenvalue weighted by Crippen LogP contribution is 2.33. The molecule has 0 atom stereocenters. The third-order valence-corrected chi connectivity index (χ3v) is 7.34. The van der Waals surface area contributed by atoms with E-state index in [2.05, 4.69) is 10.5 Å². The minimum atomic E-state index is -3.74. The molecule has 0 amide bonds. The van der Waals surface area contributed by atoms with Crippen LogP contribution >= 0.6 is 0 Å². The third-order valence-electron chi connectivity index (χ3n) is 5.45. The van der Waals surface area contributed by atoms with Crippen LogP contribution in [0.5, 0.6) is 11.5 Å². The number of benzene rings is 2. The Labute approximate surface area is 186 Å². The number of nitrogens with one attached hydrogen (secondary N) is 1. The van der Waals surface area contributed by atoms with Crippen molar-refractivity contribution in [1.29, 1.82) is 0 Å². The van der Waals surface area contributed by atoms with E-state index < -0.39 is 14.9 Å². The molecule has 10 nitrogen and oxygen atoms in total. The van der Waals surface area contributed by atoms with Gasteiger partial charge in [0.2, 0.25) is 16.8 Å². The van der Waals surface area contributed by atoms with Crippen molar-refractivity contribution in [2.45, 2.75) is 37.5 Å². The number of ether oxygens (including phenoxy) is 2. The number of anilines is 1. The van der Waals surface area contributed by atoms with Crippen LogP contribution in [-0.4, -0.2) is 43.2 Å². The van der Waals surface area contributed by atoms with Gasteiger partial charge >= 0.3 is 0 Å². The highest BCUT2D eigenvalue weighted by Gasteiger charge is 2.29. The van der Waals surface area contributed by atoms with Gasteiger partial charge in [-0.3, -0.25) is 15.5 Å². The molecule has 2 aliphatic rings. The summed E-state index contributed by atoms with van der Waals surface area (Å²) in [6.45, 7) is 2.91. The van der Waals surface area contributed by atoms with Gasteiger partial charge in [0.05, 0.1) is 9.82 Å². The van der Waals surface area contributed by atoms with E-state index in [0.717, 1.165) is 41.7 Å². The molecule has 0 spiro atoms. The minimum absolute atomic E-state index is 0.0832. The second kappa shape index (κ2) is 9.13. The summed E-state index contributed by atoms with van der Waals surface area (Å²) in [5, 5.41) is 15.8. The number of nitrogens with zero attached hydrogens (tertiary/aromatic N) is 3. The Morgan fingerprint density at radius 2 is 1.91 bits per heavy atom. The van der Waals surface area contributed by atoms with Gasteiger partial charge in [-0.15, -0.1) is 0 Å². The van der Waals surface area contributed by atoms with Gasteiger partial charge in [-0.1, -0.05) is 6.07 Å². The first kappa shape index (κ1) is 22.0. The van der Waals surface area contributed by atoms with Gasteiger partial charge in [0.1, 0.15) is 5.69 Å². The van der Waals surface area contributed by atoms with Crippen molar-refractivity contribution < 1.29 is 22.8 Å². The monoisotopic (exact) mass is 460 g/mol. The maximum absolute atomic E-state index is 12.7. The van der Waals surface area contributed by atoms with Crippen LogP contribution in [0.15, 0.2) is 46.4 Å². The highest BCUT2D eigenvalue weighted by molar-refractivity contribution is 7.89. The number of aryl methyl sites for hydroxylation is 1. The van der Waals surface area contributed by atoms with Crippen molar-refractivity contribution in [3.63, 3.8) is 0 Å². The van der Waals surface area contributed by atoms with Crippen molar-refractivity contribution in [3.8, 4) is 11.5 Å². The zero-order valence-electron chi connectivity index (χ0n) is 17.6. The van der Waals surface area contributed by atoms with Crippen molar-refractivity contribution in [2.24, 2.45) is 5.10 Å². The molecule has 2 aliphatic heterocycles. The van der Waals surface area contributed by atoms with Gasteiger partial charge in [-0.05, 0) is 62.4 Å². The quantitative estimate of drug-likeness (QED) is 0.363. The maximum atomic E-state index is 12.7. The average Bonchev–Trinajstić information content (AvgIpc) is 3.48. The lowest BCUT2D eigenvalue weighted by Gasteiger charge is -2.15. The van der Waals surface area contributed by atoms with Crippen molar-refractivity contribution in [3.05, 3.63) is 52.1 Å². The fourth-order valence-electron chi connectivity index (χ4n) is 3.63. The molecule has 2 aromatic carbocycles. The van der Waals surface area contributed by atoms with E-state index in [0.29, 0.717) is 25.9 Å². The van der Waals surface area contributed by atoms with Gasteiger partial charge in [-0.2, -0.15) is 9.41 Å². The predicted octanol–water partition coefficient (Wildman–Crippen LogP) is 3.53. The second-order valence-electron chi connectivity index (χ2n) is 7.69. The second-order valence-corrected chi connectivity index (χ2v) is 9.63. The molecule has 0 saturated carbocycles. The zero-order chi connectivity index (χ0) is 22.7. The molecule has 0 bridgehead atoms. The van der Waals surface area contributed by atoms with Crippen LogP contribution in [0, 0.1) is 10.1 Å². The highest BCUT2D eigenvalue weighted by atomic mass is 32.2. The summed E-state index contributed by atoms with van der Waals surface area (Å²) in [4.78, 5) is 10.9. The minimum Gasteiger partial charge on any atom is -0.454 e. The molecule has 0 aliphatic carbocycles. The number of hydrazone groups is 1. The molecule has 2 heterocycles. The molecule has 170 valence electrons. The lowest BCUT2D eigenvalue weighted by atomic mass is 10.1. The van der Waals surface area contributed by atoms with E-state index in [4.69, 9.17) is 9.47 Å². The van der Waals surface area contributed by atoms with E-state index >= 15 is 0 Å². The Balaban J connectivity index is 1.44. The van der Waals surface area contributed by atoms with Crippen LogP contribution in [-0.2, 0) is 16.4 Å². The number of rotatable bonds is 8. The fourth-order valence-corrected chi connectivity index (χ4v) is 5.17. The summed E-state index contributed by atoms with van der Waals surface area (Å²) in [6.07, 6.45) is 2.92. The first-order valence-electron chi connectivity index (χ1n) is 10.3. The SMILES string of the molecule is C/C(CCc1ccc2c(c1)OCO2)=N\Nc1ccc(S(=O)(=O)N2CCCC2)cc1[N+](=O)[O-]. The van der Waals surface area contributed by atoms with E-state index in [-0.39, 0.29) is 23.1 Å². The van der Waals surface area contributed by atoms with Crippen molar-refractivity contribution in [1.82, 2.24) is 4.31 Å². The molecule has 0 radical (unpaired) electrons. The number of nitro benzene ring substituents is 1. The Morgan fingerprint density at radius 3 is 2.66 bits per heavy atom. The zero-order valence-corrected chi connectivity index (χ0v) is 18.4. The molecule has 1 saturated heterocycles. The Bertz CT molecular complexity index is 1160. The van der Waals surface area contributed by atoms with Gasteiger partial charge in [0, 0.05) is 24.9 Å². The van der Waals surface area contributed by atoms with Crippen molar-refractivity contribution in [2.75, 3.05) is 25.3 Å². The number of hydrogen-bond donors (Lipinski definition) is 1. The van der Waals surface area contributed by atoms with Crippen molar-refractivity contribution >= 4 is 27.1 Å². The molecular weight excluding hydrogens is 436 g/mol.